The number of rotatable bonds is 6. The maximum Gasteiger partial charge on any atom is 0.446 e. The molecule has 4 rings (SSSR count). The number of nitrogens with one attached hydrogen (secondary N) is 2. The first-order valence-corrected chi connectivity index (χ1v) is 10.8. The van der Waals surface area contributed by atoms with Gasteiger partial charge in [-0.15, -0.1) is 0 Å². The maximum absolute atomic E-state index is 12.9. The fourth-order valence-electron chi connectivity index (χ4n) is 3.39. The Morgan fingerprint density at radius 2 is 1.76 bits per heavy atom. The van der Waals surface area contributed by atoms with Gasteiger partial charge in [0.1, 0.15) is 11.9 Å². The van der Waals surface area contributed by atoms with E-state index < -0.39 is 23.5 Å². The summed E-state index contributed by atoms with van der Waals surface area (Å²) in [5.74, 6) is -0.584. The van der Waals surface area contributed by atoms with Gasteiger partial charge in [-0.2, -0.15) is 13.2 Å². The van der Waals surface area contributed by atoms with Crippen LogP contribution in [0.3, 0.4) is 0 Å². The highest BCUT2D eigenvalue weighted by molar-refractivity contribution is 8.00. The SMILES string of the molecule is O=C(Nc1cc(CC2NC(=O)N(c3ccc(SC(F)(F)F)cc3)C2=O)ccn1)c1ccccc1. The van der Waals surface area contributed by atoms with Crippen molar-refractivity contribution < 1.29 is 27.6 Å². The molecule has 2 aromatic carbocycles. The van der Waals surface area contributed by atoms with Crippen LogP contribution in [-0.4, -0.2) is 34.4 Å². The Morgan fingerprint density at radius 1 is 1.06 bits per heavy atom. The Hall–Kier alpha value is -3.86. The number of imide groups is 1. The van der Waals surface area contributed by atoms with Crippen molar-refractivity contribution in [2.24, 2.45) is 0 Å². The van der Waals surface area contributed by atoms with Crippen LogP contribution in [0, 0.1) is 0 Å². The number of benzene rings is 2. The Kier molecular flexibility index (Phi) is 6.55. The number of anilines is 2. The Bertz CT molecular complexity index is 1220. The molecule has 2 heterocycles. The molecule has 7 nitrogen and oxygen atoms in total. The van der Waals surface area contributed by atoms with Crippen molar-refractivity contribution in [3.63, 3.8) is 0 Å². The van der Waals surface area contributed by atoms with Gasteiger partial charge in [0.05, 0.1) is 5.69 Å². The molecule has 0 aliphatic carbocycles. The summed E-state index contributed by atoms with van der Waals surface area (Å²) in [5, 5.41) is 5.27. The summed E-state index contributed by atoms with van der Waals surface area (Å²) in [5.41, 5.74) is -3.15. The molecule has 1 unspecified atom stereocenters. The number of pyridine rings is 1. The number of hydrogen-bond acceptors (Lipinski definition) is 5. The molecule has 3 aromatic rings. The summed E-state index contributed by atoms with van der Waals surface area (Å²) >= 11 is -0.280. The number of amides is 4. The first kappa shape index (κ1) is 23.3. The van der Waals surface area contributed by atoms with Gasteiger partial charge in [-0.05, 0) is 65.9 Å². The molecule has 1 saturated heterocycles. The molecule has 34 heavy (non-hydrogen) atoms. The molecule has 0 bridgehead atoms. The van der Waals surface area contributed by atoms with Crippen LogP contribution in [0.1, 0.15) is 15.9 Å². The number of halogens is 3. The lowest BCUT2D eigenvalue weighted by molar-refractivity contribution is -0.118. The second-order valence-electron chi connectivity index (χ2n) is 7.29. The van der Waals surface area contributed by atoms with Crippen molar-refractivity contribution in [1.82, 2.24) is 10.3 Å². The number of carbonyl (C=O) groups excluding carboxylic acids is 3. The van der Waals surface area contributed by atoms with Gasteiger partial charge >= 0.3 is 11.5 Å². The predicted octanol–water partition coefficient (Wildman–Crippen LogP) is 4.61. The van der Waals surface area contributed by atoms with Gasteiger partial charge < -0.3 is 10.6 Å². The highest BCUT2D eigenvalue weighted by atomic mass is 32.2. The van der Waals surface area contributed by atoms with Gasteiger partial charge in [0.15, 0.2) is 0 Å². The van der Waals surface area contributed by atoms with Crippen LogP contribution in [0.4, 0.5) is 29.5 Å². The Balaban J connectivity index is 1.43. The van der Waals surface area contributed by atoms with Crippen molar-refractivity contribution in [3.05, 3.63) is 84.1 Å². The largest absolute Gasteiger partial charge is 0.446 e. The van der Waals surface area contributed by atoms with Crippen molar-refractivity contribution in [2.75, 3.05) is 10.2 Å². The standard InChI is InChI=1S/C23H17F3N4O3S/c24-23(25,26)34-17-8-6-16(7-9-17)30-21(32)18(28-22(30)33)12-14-10-11-27-19(13-14)29-20(31)15-4-2-1-3-5-15/h1-11,13,18H,12H2,(H,28,33)(H,27,29,31). The molecule has 11 heteroatoms. The fraction of sp³-hybridized carbons (Fsp3) is 0.130. The van der Waals surface area contributed by atoms with Gasteiger partial charge in [-0.1, -0.05) is 18.2 Å². The molecule has 1 aromatic heterocycles. The molecule has 1 fully saturated rings. The van der Waals surface area contributed by atoms with Crippen LogP contribution in [0.5, 0.6) is 0 Å². The van der Waals surface area contributed by atoms with E-state index in [1.54, 1.807) is 42.5 Å². The number of thioether (sulfide) groups is 1. The van der Waals surface area contributed by atoms with Gasteiger partial charge in [0.25, 0.3) is 11.8 Å². The fourth-order valence-corrected chi connectivity index (χ4v) is 3.93. The van der Waals surface area contributed by atoms with Crippen molar-refractivity contribution >= 4 is 41.1 Å². The quantitative estimate of drug-likeness (QED) is 0.392. The van der Waals surface area contributed by atoms with Crippen LogP contribution in [0.2, 0.25) is 0 Å². The van der Waals surface area contributed by atoms with Crippen molar-refractivity contribution in [3.8, 4) is 0 Å². The Labute approximate surface area is 196 Å². The van der Waals surface area contributed by atoms with E-state index >= 15 is 0 Å². The molecule has 174 valence electrons. The number of hydrogen-bond donors (Lipinski definition) is 2. The summed E-state index contributed by atoms with van der Waals surface area (Å²) in [6, 6.07) is 15.3. The van der Waals surface area contributed by atoms with E-state index in [4.69, 9.17) is 0 Å². The number of carbonyl (C=O) groups is 3. The van der Waals surface area contributed by atoms with Gasteiger partial charge in [-0.3, -0.25) is 9.59 Å². The summed E-state index contributed by atoms with van der Waals surface area (Å²) in [6.07, 6.45) is 1.62. The first-order chi connectivity index (χ1) is 16.2. The summed E-state index contributed by atoms with van der Waals surface area (Å²) in [6.45, 7) is 0. The molecular formula is C23H17F3N4O3S. The summed E-state index contributed by atoms with van der Waals surface area (Å²) in [7, 11) is 0. The number of alkyl halides is 3. The zero-order valence-electron chi connectivity index (χ0n) is 17.4. The van der Waals surface area contributed by atoms with Crippen molar-refractivity contribution in [1.29, 1.82) is 0 Å². The average Bonchev–Trinajstić information content (AvgIpc) is 3.07. The van der Waals surface area contributed by atoms with Crippen LogP contribution < -0.4 is 15.5 Å². The summed E-state index contributed by atoms with van der Waals surface area (Å²) in [4.78, 5) is 42.5. The lowest BCUT2D eigenvalue weighted by Crippen LogP contribution is -2.32. The third-order valence-electron chi connectivity index (χ3n) is 4.89. The normalized spacial score (nSPS) is 15.9. The third kappa shape index (κ3) is 5.54. The van der Waals surface area contributed by atoms with E-state index in [1.165, 1.54) is 30.5 Å². The summed E-state index contributed by atoms with van der Waals surface area (Å²) < 4.78 is 37.5. The number of urea groups is 1. The van der Waals surface area contributed by atoms with E-state index in [2.05, 4.69) is 15.6 Å². The lowest BCUT2D eigenvalue weighted by Gasteiger charge is -2.14. The molecule has 1 aliphatic heterocycles. The van der Waals surface area contributed by atoms with E-state index in [9.17, 15) is 27.6 Å². The second kappa shape index (κ2) is 9.56. The van der Waals surface area contributed by atoms with Crippen LogP contribution in [0.25, 0.3) is 0 Å². The predicted molar refractivity (Wildman–Crippen MR) is 120 cm³/mol. The molecule has 2 N–H and O–H groups in total. The molecule has 1 aliphatic rings. The molecule has 1 atom stereocenters. The zero-order chi connectivity index (χ0) is 24.3. The minimum absolute atomic E-state index is 0.0540. The van der Waals surface area contributed by atoms with E-state index in [0.29, 0.717) is 11.1 Å². The lowest BCUT2D eigenvalue weighted by atomic mass is 10.1. The molecule has 0 spiro atoms. The second-order valence-corrected chi connectivity index (χ2v) is 8.43. The minimum atomic E-state index is -4.43. The van der Waals surface area contributed by atoms with Gasteiger partial charge in [-0.25, -0.2) is 14.7 Å². The Morgan fingerprint density at radius 3 is 2.44 bits per heavy atom. The van der Waals surface area contributed by atoms with Gasteiger partial charge in [0, 0.05) is 23.1 Å². The average molecular weight is 486 g/mol. The minimum Gasteiger partial charge on any atom is -0.325 e. The van der Waals surface area contributed by atoms with Crippen LogP contribution in [-0.2, 0) is 11.2 Å². The van der Waals surface area contributed by atoms with Gasteiger partial charge in [0.2, 0.25) is 0 Å². The smallest absolute Gasteiger partial charge is 0.325 e. The van der Waals surface area contributed by atoms with E-state index in [0.717, 1.165) is 4.90 Å². The number of nitrogens with zero attached hydrogens (tertiary/aromatic N) is 2. The highest BCUT2D eigenvalue weighted by Crippen LogP contribution is 2.37. The molecule has 0 saturated carbocycles. The monoisotopic (exact) mass is 486 g/mol. The topological polar surface area (TPSA) is 91.4 Å². The maximum atomic E-state index is 12.9. The molecule has 0 radical (unpaired) electrons. The zero-order valence-corrected chi connectivity index (χ0v) is 18.2. The van der Waals surface area contributed by atoms with E-state index in [-0.39, 0.29) is 40.5 Å². The highest BCUT2D eigenvalue weighted by Gasteiger charge is 2.39. The van der Waals surface area contributed by atoms with Crippen LogP contribution in [0.15, 0.2) is 77.8 Å². The van der Waals surface area contributed by atoms with Crippen LogP contribution >= 0.6 is 11.8 Å². The third-order valence-corrected chi connectivity index (χ3v) is 5.63. The number of aromatic nitrogens is 1. The molecular weight excluding hydrogens is 469 g/mol. The molecule has 4 amide bonds. The van der Waals surface area contributed by atoms with Crippen molar-refractivity contribution in [2.45, 2.75) is 22.9 Å². The van der Waals surface area contributed by atoms with E-state index in [1.807, 2.05) is 0 Å². The first-order valence-electron chi connectivity index (χ1n) is 10.0.